The molecule has 0 amide bonds. The molecule has 0 saturated heterocycles. The number of hydrogen-bond donors (Lipinski definition) is 1. The van der Waals surface area contributed by atoms with Gasteiger partial charge in [-0.2, -0.15) is 0 Å². The van der Waals surface area contributed by atoms with E-state index in [0.717, 1.165) is 5.56 Å². The zero-order valence-electron chi connectivity index (χ0n) is 12.8. The topological polar surface area (TPSA) is 65.2 Å². The van der Waals surface area contributed by atoms with Crippen LogP contribution in [-0.2, 0) is 0 Å². The van der Waals surface area contributed by atoms with Gasteiger partial charge in [0.25, 0.3) is 0 Å². The standard InChI is InChI=1S/C17H20N2O2/c1-11-5-7-12(8-6-11)21-14-13(9-10-19-16(14)18)15(20)17(2,3)4/h5-10H,1-4H3,(H2,18,19). The van der Waals surface area contributed by atoms with Crippen LogP contribution in [0.2, 0.25) is 0 Å². The lowest BCUT2D eigenvalue weighted by Gasteiger charge is -2.19. The smallest absolute Gasteiger partial charge is 0.180 e. The van der Waals surface area contributed by atoms with Crippen LogP contribution in [-0.4, -0.2) is 10.8 Å². The molecule has 0 bridgehead atoms. The van der Waals surface area contributed by atoms with Gasteiger partial charge in [-0.05, 0) is 25.1 Å². The number of aromatic nitrogens is 1. The molecular formula is C17H20N2O2. The number of carbonyl (C=O) groups excluding carboxylic acids is 1. The van der Waals surface area contributed by atoms with Crippen LogP contribution in [0.15, 0.2) is 36.5 Å². The third-order valence-electron chi connectivity index (χ3n) is 3.10. The molecule has 4 heteroatoms. The number of benzene rings is 1. The first-order valence-corrected chi connectivity index (χ1v) is 6.83. The van der Waals surface area contributed by atoms with E-state index in [4.69, 9.17) is 10.5 Å². The monoisotopic (exact) mass is 284 g/mol. The molecule has 0 radical (unpaired) electrons. The third-order valence-corrected chi connectivity index (χ3v) is 3.10. The maximum absolute atomic E-state index is 12.5. The summed E-state index contributed by atoms with van der Waals surface area (Å²) >= 11 is 0. The van der Waals surface area contributed by atoms with Crippen LogP contribution >= 0.6 is 0 Å². The molecule has 2 N–H and O–H groups in total. The summed E-state index contributed by atoms with van der Waals surface area (Å²) in [5.74, 6) is 1.13. The van der Waals surface area contributed by atoms with Gasteiger partial charge in [-0.25, -0.2) is 4.98 Å². The second kappa shape index (κ2) is 5.56. The Morgan fingerprint density at radius 3 is 2.33 bits per heavy atom. The average molecular weight is 284 g/mol. The van der Waals surface area contributed by atoms with Crippen LogP contribution in [0.4, 0.5) is 5.82 Å². The van der Waals surface area contributed by atoms with Crippen molar-refractivity contribution in [3.05, 3.63) is 47.7 Å². The first-order valence-electron chi connectivity index (χ1n) is 6.83. The zero-order valence-corrected chi connectivity index (χ0v) is 12.8. The number of anilines is 1. The fourth-order valence-electron chi connectivity index (χ4n) is 1.88. The number of ether oxygens (including phenoxy) is 1. The number of hydrogen-bond acceptors (Lipinski definition) is 4. The molecule has 0 saturated carbocycles. The molecular weight excluding hydrogens is 264 g/mol. The van der Waals surface area contributed by atoms with Crippen LogP contribution in [0.5, 0.6) is 11.5 Å². The number of nitrogens with zero attached hydrogens (tertiary/aromatic N) is 1. The Bertz CT molecular complexity index is 655. The number of nitrogen functional groups attached to an aromatic ring is 1. The number of aryl methyl sites for hydroxylation is 1. The SMILES string of the molecule is Cc1ccc(Oc2c(C(=O)C(C)(C)C)ccnc2N)cc1. The second-order valence-corrected chi connectivity index (χ2v) is 6.07. The van der Waals surface area contributed by atoms with Gasteiger partial charge in [0, 0.05) is 11.6 Å². The van der Waals surface area contributed by atoms with E-state index in [1.807, 2.05) is 52.0 Å². The predicted octanol–water partition coefficient (Wildman–Crippen LogP) is 3.99. The van der Waals surface area contributed by atoms with Crippen molar-refractivity contribution in [3.8, 4) is 11.5 Å². The van der Waals surface area contributed by atoms with Gasteiger partial charge in [-0.3, -0.25) is 4.79 Å². The van der Waals surface area contributed by atoms with Gasteiger partial charge in [0.2, 0.25) is 0 Å². The van der Waals surface area contributed by atoms with E-state index in [0.29, 0.717) is 17.1 Å². The number of Topliss-reactive ketones (excluding diaryl/α,β-unsaturated/α-hetero) is 1. The number of ketones is 1. The van der Waals surface area contributed by atoms with E-state index in [1.54, 1.807) is 6.07 Å². The Labute approximate surface area is 125 Å². The zero-order chi connectivity index (χ0) is 15.6. The number of nitrogens with two attached hydrogens (primary N) is 1. The van der Waals surface area contributed by atoms with Crippen LogP contribution in [0, 0.1) is 12.3 Å². The number of rotatable bonds is 3. The van der Waals surface area contributed by atoms with Crippen LogP contribution in [0.25, 0.3) is 0 Å². The van der Waals surface area contributed by atoms with Crippen molar-refractivity contribution < 1.29 is 9.53 Å². The van der Waals surface area contributed by atoms with E-state index >= 15 is 0 Å². The minimum Gasteiger partial charge on any atom is -0.453 e. The Hall–Kier alpha value is -2.36. The molecule has 0 aliphatic heterocycles. The molecule has 1 aromatic heterocycles. The summed E-state index contributed by atoms with van der Waals surface area (Å²) < 4.78 is 5.80. The molecule has 0 unspecified atom stereocenters. The second-order valence-electron chi connectivity index (χ2n) is 6.07. The average Bonchev–Trinajstić information content (AvgIpc) is 2.41. The van der Waals surface area contributed by atoms with Gasteiger partial charge in [0.05, 0.1) is 5.56 Å². The van der Waals surface area contributed by atoms with Gasteiger partial charge in [0.1, 0.15) is 5.75 Å². The Kier molecular flexibility index (Phi) is 3.98. The van der Waals surface area contributed by atoms with Gasteiger partial charge >= 0.3 is 0 Å². The molecule has 1 aromatic carbocycles. The first kappa shape index (κ1) is 15.0. The van der Waals surface area contributed by atoms with E-state index in [1.165, 1.54) is 6.20 Å². The van der Waals surface area contributed by atoms with Crippen molar-refractivity contribution in [1.29, 1.82) is 0 Å². The highest BCUT2D eigenvalue weighted by Gasteiger charge is 2.27. The van der Waals surface area contributed by atoms with Gasteiger partial charge in [0.15, 0.2) is 17.4 Å². The lowest BCUT2D eigenvalue weighted by molar-refractivity contribution is 0.0856. The molecule has 4 nitrogen and oxygen atoms in total. The molecule has 1 heterocycles. The summed E-state index contributed by atoms with van der Waals surface area (Å²) in [6.07, 6.45) is 1.52. The van der Waals surface area contributed by atoms with Crippen molar-refractivity contribution in [2.45, 2.75) is 27.7 Å². The molecule has 2 rings (SSSR count). The van der Waals surface area contributed by atoms with E-state index < -0.39 is 5.41 Å². The van der Waals surface area contributed by atoms with Crippen LogP contribution in [0.3, 0.4) is 0 Å². The molecule has 0 aliphatic rings. The van der Waals surface area contributed by atoms with Crippen molar-refractivity contribution in [2.75, 3.05) is 5.73 Å². The molecule has 110 valence electrons. The Morgan fingerprint density at radius 1 is 1.14 bits per heavy atom. The van der Waals surface area contributed by atoms with Gasteiger partial charge in [-0.1, -0.05) is 38.5 Å². The minimum absolute atomic E-state index is 0.0290. The molecule has 0 fully saturated rings. The summed E-state index contributed by atoms with van der Waals surface area (Å²) in [6, 6.07) is 9.20. The Balaban J connectivity index is 2.43. The molecule has 21 heavy (non-hydrogen) atoms. The minimum atomic E-state index is -0.515. The van der Waals surface area contributed by atoms with Gasteiger partial charge in [-0.15, -0.1) is 0 Å². The van der Waals surface area contributed by atoms with E-state index in [9.17, 15) is 4.79 Å². The largest absolute Gasteiger partial charge is 0.453 e. The summed E-state index contributed by atoms with van der Waals surface area (Å²) in [6.45, 7) is 7.58. The van der Waals surface area contributed by atoms with E-state index in [2.05, 4.69) is 4.98 Å². The fourth-order valence-corrected chi connectivity index (χ4v) is 1.88. The van der Waals surface area contributed by atoms with Crippen molar-refractivity contribution >= 4 is 11.6 Å². The first-order chi connectivity index (χ1) is 9.79. The molecule has 2 aromatic rings. The number of carbonyl (C=O) groups is 1. The van der Waals surface area contributed by atoms with Crippen LogP contribution in [0.1, 0.15) is 36.7 Å². The highest BCUT2D eigenvalue weighted by Crippen LogP contribution is 2.34. The molecule has 0 atom stereocenters. The summed E-state index contributed by atoms with van der Waals surface area (Å²) in [5, 5.41) is 0. The quantitative estimate of drug-likeness (QED) is 0.865. The highest BCUT2D eigenvalue weighted by atomic mass is 16.5. The summed E-state index contributed by atoms with van der Waals surface area (Å²) in [5.41, 5.74) is 6.96. The lowest BCUT2D eigenvalue weighted by Crippen LogP contribution is -2.21. The fraction of sp³-hybridized carbons (Fsp3) is 0.294. The van der Waals surface area contributed by atoms with Gasteiger partial charge < -0.3 is 10.5 Å². The highest BCUT2D eigenvalue weighted by molar-refractivity contribution is 6.03. The lowest BCUT2D eigenvalue weighted by atomic mass is 9.86. The van der Waals surface area contributed by atoms with Crippen molar-refractivity contribution in [2.24, 2.45) is 5.41 Å². The predicted molar refractivity (Wildman–Crippen MR) is 83.7 cm³/mol. The Morgan fingerprint density at radius 2 is 1.76 bits per heavy atom. The normalized spacial score (nSPS) is 11.2. The molecule has 0 aliphatic carbocycles. The third kappa shape index (κ3) is 3.40. The number of pyridine rings is 1. The summed E-state index contributed by atoms with van der Waals surface area (Å²) in [7, 11) is 0. The van der Waals surface area contributed by atoms with Crippen molar-refractivity contribution in [1.82, 2.24) is 4.98 Å². The maximum atomic E-state index is 12.5. The summed E-state index contributed by atoms with van der Waals surface area (Å²) in [4.78, 5) is 16.5. The van der Waals surface area contributed by atoms with Crippen LogP contribution < -0.4 is 10.5 Å². The molecule has 0 spiro atoms. The van der Waals surface area contributed by atoms with E-state index in [-0.39, 0.29) is 11.6 Å². The van der Waals surface area contributed by atoms with Crippen molar-refractivity contribution in [3.63, 3.8) is 0 Å². The maximum Gasteiger partial charge on any atom is 0.180 e.